The molecule has 1 aromatic rings. The fraction of sp³-hybridized carbons (Fsp3) is 0.600. The topological polar surface area (TPSA) is 23.5 Å². The monoisotopic (exact) mass is 283 g/mol. The van der Waals surface area contributed by atoms with E-state index in [1.54, 1.807) is 17.8 Å². The highest BCUT2D eigenvalue weighted by atomic mass is 32.2. The van der Waals surface area contributed by atoms with Gasteiger partial charge in [-0.3, -0.25) is 4.90 Å². The van der Waals surface area contributed by atoms with Crippen LogP contribution in [0.25, 0.3) is 0 Å². The molecule has 1 fully saturated rings. The van der Waals surface area contributed by atoms with Crippen molar-refractivity contribution in [2.45, 2.75) is 36.6 Å². The van der Waals surface area contributed by atoms with Crippen LogP contribution in [0.3, 0.4) is 0 Å². The molecule has 2 nitrogen and oxygen atoms in total. The van der Waals surface area contributed by atoms with Gasteiger partial charge in [0.15, 0.2) is 0 Å². The van der Waals surface area contributed by atoms with Gasteiger partial charge in [0.25, 0.3) is 0 Å². The summed E-state index contributed by atoms with van der Waals surface area (Å²) in [7, 11) is 0. The molecule has 19 heavy (non-hydrogen) atoms. The molecule has 1 aromatic carbocycles. The Kier molecular flexibility index (Phi) is 6.14. The molecule has 0 saturated heterocycles. The summed E-state index contributed by atoms with van der Waals surface area (Å²) in [6, 6.07) is 7.54. The molecular formula is C15H22FNOS. The van der Waals surface area contributed by atoms with E-state index in [4.69, 9.17) is 5.11 Å². The first-order chi connectivity index (χ1) is 9.31. The zero-order chi connectivity index (χ0) is 13.5. The summed E-state index contributed by atoms with van der Waals surface area (Å²) in [4.78, 5) is 3.08. The lowest BCUT2D eigenvalue weighted by atomic mass is 10.2. The minimum absolute atomic E-state index is 0.137. The summed E-state index contributed by atoms with van der Waals surface area (Å²) in [6.45, 7) is 1.87. The Labute approximate surface area is 119 Å². The maximum absolute atomic E-state index is 13.5. The van der Waals surface area contributed by atoms with Crippen molar-refractivity contribution < 1.29 is 9.50 Å². The molecule has 0 radical (unpaired) electrons. The minimum Gasteiger partial charge on any atom is -0.395 e. The van der Waals surface area contributed by atoms with Crippen molar-refractivity contribution in [1.82, 2.24) is 4.90 Å². The number of rotatable bonds is 7. The summed E-state index contributed by atoms with van der Waals surface area (Å²) in [6.07, 6.45) is 5.08. The van der Waals surface area contributed by atoms with Crippen LogP contribution in [-0.4, -0.2) is 41.5 Å². The Morgan fingerprint density at radius 2 is 1.95 bits per heavy atom. The molecule has 0 aromatic heterocycles. The zero-order valence-corrected chi connectivity index (χ0v) is 12.0. The number of benzene rings is 1. The van der Waals surface area contributed by atoms with Gasteiger partial charge in [0.05, 0.1) is 6.61 Å². The number of nitrogens with zero attached hydrogens (tertiary/aromatic N) is 1. The van der Waals surface area contributed by atoms with Crippen molar-refractivity contribution in [1.29, 1.82) is 0 Å². The summed E-state index contributed by atoms with van der Waals surface area (Å²) in [5, 5.41) is 9.15. The first kappa shape index (κ1) is 14.8. The Morgan fingerprint density at radius 3 is 2.63 bits per heavy atom. The molecule has 0 amide bonds. The van der Waals surface area contributed by atoms with Gasteiger partial charge in [-0.2, -0.15) is 0 Å². The van der Waals surface area contributed by atoms with E-state index in [0.717, 1.165) is 23.7 Å². The van der Waals surface area contributed by atoms with Crippen LogP contribution in [-0.2, 0) is 0 Å². The summed E-state index contributed by atoms with van der Waals surface area (Å²) >= 11 is 1.56. The van der Waals surface area contributed by atoms with E-state index >= 15 is 0 Å². The lowest BCUT2D eigenvalue weighted by Gasteiger charge is -2.27. The van der Waals surface area contributed by atoms with Crippen LogP contribution in [0.5, 0.6) is 0 Å². The average Bonchev–Trinajstić information content (AvgIpc) is 2.94. The Bertz CT molecular complexity index is 382. The predicted octanol–water partition coefficient (Wildman–Crippen LogP) is 3.15. The van der Waals surface area contributed by atoms with Gasteiger partial charge >= 0.3 is 0 Å². The van der Waals surface area contributed by atoms with Crippen molar-refractivity contribution in [3.63, 3.8) is 0 Å². The van der Waals surface area contributed by atoms with Crippen molar-refractivity contribution in [3.05, 3.63) is 30.1 Å². The van der Waals surface area contributed by atoms with Crippen molar-refractivity contribution in [2.24, 2.45) is 0 Å². The highest BCUT2D eigenvalue weighted by molar-refractivity contribution is 7.99. The van der Waals surface area contributed by atoms with Crippen LogP contribution in [0.2, 0.25) is 0 Å². The maximum atomic E-state index is 13.5. The lowest BCUT2D eigenvalue weighted by molar-refractivity contribution is 0.159. The van der Waals surface area contributed by atoms with E-state index in [1.165, 1.54) is 31.7 Å². The van der Waals surface area contributed by atoms with Crippen LogP contribution in [0.1, 0.15) is 25.7 Å². The molecule has 0 heterocycles. The third kappa shape index (κ3) is 4.48. The molecule has 0 spiro atoms. The standard InChI is InChI=1S/C15H22FNOS/c16-14-7-3-4-8-15(14)19-12-10-17(9-11-18)13-5-1-2-6-13/h3-4,7-8,13,18H,1-2,5-6,9-12H2. The van der Waals surface area contributed by atoms with E-state index in [2.05, 4.69) is 4.90 Å². The number of halogens is 1. The van der Waals surface area contributed by atoms with Gasteiger partial charge in [-0.1, -0.05) is 25.0 Å². The van der Waals surface area contributed by atoms with Gasteiger partial charge in [0, 0.05) is 29.8 Å². The van der Waals surface area contributed by atoms with E-state index in [1.807, 2.05) is 12.1 Å². The van der Waals surface area contributed by atoms with Gasteiger partial charge in [0.2, 0.25) is 0 Å². The molecule has 106 valence electrons. The highest BCUT2D eigenvalue weighted by Crippen LogP contribution is 2.25. The number of hydrogen-bond donors (Lipinski definition) is 1. The van der Waals surface area contributed by atoms with Gasteiger partial charge in [-0.25, -0.2) is 4.39 Å². The van der Waals surface area contributed by atoms with E-state index in [-0.39, 0.29) is 12.4 Å². The zero-order valence-electron chi connectivity index (χ0n) is 11.2. The van der Waals surface area contributed by atoms with E-state index < -0.39 is 0 Å². The van der Waals surface area contributed by atoms with Crippen LogP contribution < -0.4 is 0 Å². The van der Waals surface area contributed by atoms with Gasteiger partial charge in [-0.15, -0.1) is 11.8 Å². The summed E-state index contributed by atoms with van der Waals surface area (Å²) < 4.78 is 13.5. The Balaban J connectivity index is 1.80. The fourth-order valence-electron chi connectivity index (χ4n) is 2.71. The maximum Gasteiger partial charge on any atom is 0.136 e. The smallest absolute Gasteiger partial charge is 0.136 e. The van der Waals surface area contributed by atoms with Gasteiger partial charge in [-0.05, 0) is 25.0 Å². The average molecular weight is 283 g/mol. The molecular weight excluding hydrogens is 261 g/mol. The van der Waals surface area contributed by atoms with E-state index in [0.29, 0.717) is 6.04 Å². The first-order valence-corrected chi connectivity index (χ1v) is 8.02. The molecule has 1 aliphatic rings. The Hall–Kier alpha value is -0.580. The molecule has 4 heteroatoms. The third-order valence-electron chi connectivity index (χ3n) is 3.70. The molecule has 2 rings (SSSR count). The molecule has 0 atom stereocenters. The van der Waals surface area contributed by atoms with Gasteiger partial charge in [0.1, 0.15) is 5.82 Å². The van der Waals surface area contributed by atoms with Crippen molar-refractivity contribution in [2.75, 3.05) is 25.4 Å². The number of aliphatic hydroxyl groups excluding tert-OH is 1. The second-order valence-electron chi connectivity index (χ2n) is 4.98. The largest absolute Gasteiger partial charge is 0.395 e. The number of thioether (sulfide) groups is 1. The Morgan fingerprint density at radius 1 is 1.21 bits per heavy atom. The molecule has 1 aliphatic carbocycles. The molecule has 1 N–H and O–H groups in total. The van der Waals surface area contributed by atoms with Crippen LogP contribution in [0, 0.1) is 5.82 Å². The lowest BCUT2D eigenvalue weighted by Crippen LogP contribution is -2.37. The number of hydrogen-bond acceptors (Lipinski definition) is 3. The molecule has 1 saturated carbocycles. The second-order valence-corrected chi connectivity index (χ2v) is 6.11. The second kappa shape index (κ2) is 7.88. The van der Waals surface area contributed by atoms with E-state index in [9.17, 15) is 4.39 Å². The van der Waals surface area contributed by atoms with Crippen molar-refractivity contribution in [3.8, 4) is 0 Å². The SMILES string of the molecule is OCCN(CCSc1ccccc1F)C1CCCC1. The summed E-state index contributed by atoms with van der Waals surface area (Å²) in [5.74, 6) is 0.735. The van der Waals surface area contributed by atoms with Crippen molar-refractivity contribution >= 4 is 11.8 Å². The van der Waals surface area contributed by atoms with Crippen LogP contribution in [0.15, 0.2) is 29.2 Å². The molecule has 0 bridgehead atoms. The molecule has 0 unspecified atom stereocenters. The highest BCUT2D eigenvalue weighted by Gasteiger charge is 2.21. The minimum atomic E-state index is -0.137. The summed E-state index contributed by atoms with van der Waals surface area (Å²) in [5.41, 5.74) is 0. The van der Waals surface area contributed by atoms with Crippen LogP contribution >= 0.6 is 11.8 Å². The van der Waals surface area contributed by atoms with Crippen LogP contribution in [0.4, 0.5) is 4.39 Å². The predicted molar refractivity (Wildman–Crippen MR) is 78.0 cm³/mol. The normalized spacial score (nSPS) is 16.4. The quantitative estimate of drug-likeness (QED) is 0.778. The fourth-order valence-corrected chi connectivity index (χ4v) is 3.64. The third-order valence-corrected chi connectivity index (χ3v) is 4.73. The molecule has 0 aliphatic heterocycles. The van der Waals surface area contributed by atoms with Gasteiger partial charge < -0.3 is 5.11 Å². The first-order valence-electron chi connectivity index (χ1n) is 7.03. The number of aliphatic hydroxyl groups is 1.